The molecule has 0 amide bonds. The smallest absolute Gasteiger partial charge is 0.114 e. The van der Waals surface area contributed by atoms with Gasteiger partial charge in [-0.15, -0.1) is 0 Å². The average Bonchev–Trinajstić information content (AvgIpc) is 2.47. The van der Waals surface area contributed by atoms with Gasteiger partial charge in [0.2, 0.25) is 0 Å². The number of aliphatic hydroxyl groups excluding tert-OH is 1. The summed E-state index contributed by atoms with van der Waals surface area (Å²) < 4.78 is 1.60. The fraction of sp³-hybridized carbons (Fsp3) is 0.500. The molecule has 0 aliphatic carbocycles. The number of hydrogen-bond acceptors (Lipinski definition) is 2. The number of aliphatic hydroxyl groups is 1. The first-order valence-corrected chi connectivity index (χ1v) is 3.79. The monoisotopic (exact) mass is 155 g/mol. The molecule has 1 N–H and O–H groups in total. The number of nitrogens with zero attached hydrogens (tertiary/aromatic N) is 1. The van der Waals surface area contributed by atoms with E-state index in [2.05, 4.69) is 0 Å². The molecule has 0 saturated carbocycles. The second-order valence-corrected chi connectivity index (χ2v) is 2.32. The summed E-state index contributed by atoms with van der Waals surface area (Å²) in [5, 5.41) is 8.81. The van der Waals surface area contributed by atoms with Crippen LogP contribution in [0.3, 0.4) is 0 Å². The van der Waals surface area contributed by atoms with Crippen molar-refractivity contribution in [1.82, 2.24) is 4.73 Å². The Morgan fingerprint density at radius 2 is 2.45 bits per heavy atom. The molecule has 62 valence electrons. The van der Waals surface area contributed by atoms with Gasteiger partial charge >= 0.3 is 0 Å². The number of hydrogen-bond donors (Lipinski definition) is 1. The lowest BCUT2D eigenvalue weighted by atomic mass is 10.5. The Labute approximate surface area is 66.2 Å². The van der Waals surface area contributed by atoms with Gasteiger partial charge in [0.15, 0.2) is 0 Å². The number of aromatic nitrogens is 1. The molecule has 0 atom stereocenters. The summed E-state index contributed by atoms with van der Waals surface area (Å²) in [7, 11) is 0. The Hall–Kier alpha value is -0.960. The minimum Gasteiger partial charge on any atom is -0.414 e. The van der Waals surface area contributed by atoms with Crippen LogP contribution >= 0.6 is 0 Å². The normalized spacial score (nSPS) is 10.0. The van der Waals surface area contributed by atoms with Gasteiger partial charge in [-0.05, 0) is 18.6 Å². The van der Waals surface area contributed by atoms with Gasteiger partial charge in [0.05, 0.1) is 12.3 Å². The topological polar surface area (TPSA) is 34.4 Å². The largest absolute Gasteiger partial charge is 0.414 e. The van der Waals surface area contributed by atoms with E-state index in [9.17, 15) is 0 Å². The lowest BCUT2D eigenvalue weighted by molar-refractivity contribution is 0.0943. The van der Waals surface area contributed by atoms with E-state index in [1.807, 2.05) is 19.1 Å². The van der Waals surface area contributed by atoms with Crippen LogP contribution < -0.4 is 4.84 Å². The van der Waals surface area contributed by atoms with Crippen LogP contribution in [0.4, 0.5) is 0 Å². The summed E-state index contributed by atoms with van der Waals surface area (Å²) in [4.78, 5) is 5.27. The molecular weight excluding hydrogens is 142 g/mol. The van der Waals surface area contributed by atoms with E-state index in [-0.39, 0.29) is 6.61 Å². The highest BCUT2D eigenvalue weighted by atomic mass is 16.7. The zero-order chi connectivity index (χ0) is 8.10. The second-order valence-electron chi connectivity index (χ2n) is 2.32. The Morgan fingerprint density at radius 3 is 3.09 bits per heavy atom. The molecule has 1 rings (SSSR count). The molecule has 0 aliphatic rings. The minimum atomic E-state index is 0.0245. The molecule has 3 heteroatoms. The standard InChI is InChI=1S/C8H13NO2/c1-2-6-11-9-5-3-4-8(9)7-10/h3-5,10H,2,6-7H2,1H3. The van der Waals surface area contributed by atoms with Gasteiger partial charge in [-0.25, -0.2) is 0 Å². The van der Waals surface area contributed by atoms with Crippen molar-refractivity contribution in [3.05, 3.63) is 24.0 Å². The molecular formula is C8H13NO2. The third-order valence-corrected chi connectivity index (χ3v) is 1.39. The predicted octanol–water partition coefficient (Wildman–Crippen LogP) is 0.819. The van der Waals surface area contributed by atoms with Gasteiger partial charge in [0, 0.05) is 6.20 Å². The van der Waals surface area contributed by atoms with E-state index in [1.54, 1.807) is 10.9 Å². The van der Waals surface area contributed by atoms with Crippen LogP contribution in [0.5, 0.6) is 0 Å². The van der Waals surface area contributed by atoms with E-state index in [0.29, 0.717) is 6.61 Å². The zero-order valence-corrected chi connectivity index (χ0v) is 6.66. The Bertz CT molecular complexity index is 208. The van der Waals surface area contributed by atoms with Crippen molar-refractivity contribution in [2.75, 3.05) is 6.61 Å². The maximum Gasteiger partial charge on any atom is 0.114 e. The summed E-state index contributed by atoms with van der Waals surface area (Å²) in [6.45, 7) is 2.75. The summed E-state index contributed by atoms with van der Waals surface area (Å²) in [5.74, 6) is 0. The third-order valence-electron chi connectivity index (χ3n) is 1.39. The van der Waals surface area contributed by atoms with Crippen molar-refractivity contribution in [1.29, 1.82) is 0 Å². The van der Waals surface area contributed by atoms with Gasteiger partial charge in [-0.3, -0.25) is 0 Å². The first kappa shape index (κ1) is 8.14. The molecule has 0 saturated heterocycles. The van der Waals surface area contributed by atoms with Crippen molar-refractivity contribution in [3.63, 3.8) is 0 Å². The van der Waals surface area contributed by atoms with Gasteiger partial charge in [0.1, 0.15) is 6.61 Å². The van der Waals surface area contributed by atoms with E-state index >= 15 is 0 Å². The van der Waals surface area contributed by atoms with Crippen LogP contribution in [-0.2, 0) is 6.61 Å². The van der Waals surface area contributed by atoms with E-state index in [0.717, 1.165) is 12.1 Å². The molecule has 1 aromatic rings. The molecule has 0 radical (unpaired) electrons. The van der Waals surface area contributed by atoms with Crippen LogP contribution in [0.2, 0.25) is 0 Å². The second kappa shape index (κ2) is 4.03. The van der Waals surface area contributed by atoms with Crippen molar-refractivity contribution >= 4 is 0 Å². The van der Waals surface area contributed by atoms with Crippen LogP contribution in [0, 0.1) is 0 Å². The quantitative estimate of drug-likeness (QED) is 0.698. The molecule has 1 heterocycles. The maximum atomic E-state index is 8.81. The first-order chi connectivity index (χ1) is 5.38. The lowest BCUT2D eigenvalue weighted by Crippen LogP contribution is -2.13. The highest BCUT2D eigenvalue weighted by Crippen LogP contribution is 1.98. The molecule has 0 unspecified atom stereocenters. The molecule has 11 heavy (non-hydrogen) atoms. The van der Waals surface area contributed by atoms with Crippen LogP contribution in [-0.4, -0.2) is 16.4 Å². The van der Waals surface area contributed by atoms with Crippen LogP contribution in [0.1, 0.15) is 19.0 Å². The summed E-state index contributed by atoms with van der Waals surface area (Å²) in [6.07, 6.45) is 2.77. The molecule has 0 aromatic carbocycles. The van der Waals surface area contributed by atoms with Gasteiger partial charge < -0.3 is 9.94 Å². The highest BCUT2D eigenvalue weighted by Gasteiger charge is 1.97. The summed E-state index contributed by atoms with van der Waals surface area (Å²) >= 11 is 0. The molecule has 0 fully saturated rings. The molecule has 0 bridgehead atoms. The van der Waals surface area contributed by atoms with Crippen LogP contribution in [0.25, 0.3) is 0 Å². The fourth-order valence-corrected chi connectivity index (χ4v) is 0.839. The Balaban J connectivity index is 2.54. The van der Waals surface area contributed by atoms with Gasteiger partial charge in [-0.1, -0.05) is 6.92 Å². The van der Waals surface area contributed by atoms with E-state index in [4.69, 9.17) is 9.94 Å². The Morgan fingerprint density at radius 1 is 1.64 bits per heavy atom. The molecule has 3 nitrogen and oxygen atoms in total. The fourth-order valence-electron chi connectivity index (χ4n) is 0.839. The van der Waals surface area contributed by atoms with Crippen molar-refractivity contribution in [2.45, 2.75) is 20.0 Å². The SMILES string of the molecule is CCCOn1cccc1CO. The highest BCUT2D eigenvalue weighted by molar-refractivity contribution is 5.03. The third kappa shape index (κ3) is 1.98. The van der Waals surface area contributed by atoms with Crippen molar-refractivity contribution < 1.29 is 9.94 Å². The summed E-state index contributed by atoms with van der Waals surface area (Å²) in [6, 6.07) is 3.68. The maximum absolute atomic E-state index is 8.81. The zero-order valence-electron chi connectivity index (χ0n) is 6.66. The van der Waals surface area contributed by atoms with Gasteiger partial charge in [-0.2, -0.15) is 4.73 Å². The lowest BCUT2D eigenvalue weighted by Gasteiger charge is -2.07. The first-order valence-electron chi connectivity index (χ1n) is 3.79. The van der Waals surface area contributed by atoms with E-state index in [1.165, 1.54) is 0 Å². The van der Waals surface area contributed by atoms with Gasteiger partial charge in [0.25, 0.3) is 0 Å². The predicted molar refractivity (Wildman–Crippen MR) is 42.1 cm³/mol. The van der Waals surface area contributed by atoms with Crippen LogP contribution in [0.15, 0.2) is 18.3 Å². The van der Waals surface area contributed by atoms with Crippen molar-refractivity contribution in [2.24, 2.45) is 0 Å². The molecule has 1 aromatic heterocycles. The number of rotatable bonds is 4. The summed E-state index contributed by atoms with van der Waals surface area (Å²) in [5.41, 5.74) is 0.790. The molecule has 0 spiro atoms. The van der Waals surface area contributed by atoms with E-state index < -0.39 is 0 Å². The average molecular weight is 155 g/mol. The molecule has 0 aliphatic heterocycles. The van der Waals surface area contributed by atoms with Crippen molar-refractivity contribution in [3.8, 4) is 0 Å². The minimum absolute atomic E-state index is 0.0245. The Kier molecular flexibility index (Phi) is 2.98.